The van der Waals surface area contributed by atoms with Crippen LogP contribution in [0.2, 0.25) is 0 Å². The number of nitrogens with one attached hydrogen (secondary N) is 1. The smallest absolute Gasteiger partial charge is 0.274 e. The third-order valence-electron chi connectivity index (χ3n) is 4.24. The third-order valence-corrected chi connectivity index (χ3v) is 5.00. The summed E-state index contributed by atoms with van der Waals surface area (Å²) in [4.78, 5) is 33.7. The topological polar surface area (TPSA) is 86.1 Å². The second-order valence-electron chi connectivity index (χ2n) is 7.36. The van der Waals surface area contributed by atoms with Gasteiger partial charge in [0.15, 0.2) is 5.13 Å². The normalized spacial score (nSPS) is 11.6. The van der Waals surface area contributed by atoms with Gasteiger partial charge in [-0.25, -0.2) is 4.98 Å². The van der Waals surface area contributed by atoms with Gasteiger partial charge < -0.3 is 4.74 Å². The van der Waals surface area contributed by atoms with Gasteiger partial charge in [0.25, 0.3) is 11.5 Å². The predicted octanol–water partition coefficient (Wildman–Crippen LogP) is 3.66. The highest BCUT2D eigenvalue weighted by atomic mass is 32.1. The van der Waals surface area contributed by atoms with Gasteiger partial charge in [0, 0.05) is 23.8 Å². The minimum absolute atomic E-state index is 0.0525. The maximum Gasteiger partial charge on any atom is 0.274 e. The summed E-state index contributed by atoms with van der Waals surface area (Å²) in [6.45, 7) is 8.10. The van der Waals surface area contributed by atoms with Crippen LogP contribution in [0, 0.1) is 0 Å². The molecule has 0 aromatic carbocycles. The summed E-state index contributed by atoms with van der Waals surface area (Å²) in [5.74, 6) is -0.389. The third kappa shape index (κ3) is 5.16. The van der Waals surface area contributed by atoms with Crippen LogP contribution in [0.25, 0.3) is 0 Å². The van der Waals surface area contributed by atoms with Crippen molar-refractivity contribution in [2.24, 2.45) is 0 Å². The Balaban J connectivity index is 1.82. The number of aromatic nitrogens is 3. The Bertz CT molecular complexity index is 1040. The van der Waals surface area contributed by atoms with Crippen molar-refractivity contribution in [2.75, 3.05) is 5.32 Å². The van der Waals surface area contributed by atoms with Crippen molar-refractivity contribution < 1.29 is 9.53 Å². The molecule has 152 valence electrons. The molecule has 3 rings (SSSR count). The zero-order valence-electron chi connectivity index (χ0n) is 16.9. The molecule has 0 radical (unpaired) electrons. The number of thiazole rings is 1. The first-order chi connectivity index (χ1) is 13.8. The van der Waals surface area contributed by atoms with E-state index in [1.165, 1.54) is 22.0 Å². The summed E-state index contributed by atoms with van der Waals surface area (Å²) in [5, 5.41) is 5.12. The highest BCUT2D eigenvalue weighted by Crippen LogP contribution is 2.29. The number of hydrogen-bond acceptors (Lipinski definition) is 6. The average molecular weight is 413 g/mol. The van der Waals surface area contributed by atoms with E-state index in [9.17, 15) is 9.59 Å². The van der Waals surface area contributed by atoms with Gasteiger partial charge in [-0.1, -0.05) is 6.07 Å². The van der Waals surface area contributed by atoms with Gasteiger partial charge in [-0.15, -0.1) is 11.3 Å². The van der Waals surface area contributed by atoms with Gasteiger partial charge >= 0.3 is 0 Å². The van der Waals surface area contributed by atoms with E-state index < -0.39 is 5.60 Å². The van der Waals surface area contributed by atoms with E-state index in [4.69, 9.17) is 4.74 Å². The fourth-order valence-electron chi connectivity index (χ4n) is 2.97. The molecule has 7 nitrogen and oxygen atoms in total. The lowest BCUT2D eigenvalue weighted by atomic mass is 10.1. The van der Waals surface area contributed by atoms with Gasteiger partial charge in [-0.05, 0) is 51.5 Å². The van der Waals surface area contributed by atoms with Crippen LogP contribution in [0.4, 0.5) is 5.13 Å². The van der Waals surface area contributed by atoms with Crippen LogP contribution in [0.3, 0.4) is 0 Å². The number of nitrogens with zero attached hydrogens (tertiary/aromatic N) is 3. The summed E-state index contributed by atoms with van der Waals surface area (Å²) in [6, 6.07) is 8.26. The molecule has 3 heterocycles. The molecule has 1 amide bonds. The van der Waals surface area contributed by atoms with E-state index in [0.29, 0.717) is 5.13 Å². The number of amides is 1. The number of anilines is 1. The summed E-state index contributed by atoms with van der Waals surface area (Å²) in [7, 11) is 0. The van der Waals surface area contributed by atoms with Crippen LogP contribution in [0.1, 0.15) is 49.4 Å². The number of carbonyl (C=O) groups excluding carboxylic acids is 1. The fourth-order valence-corrected chi connectivity index (χ4v) is 3.83. The molecule has 0 aliphatic rings. The van der Waals surface area contributed by atoms with Crippen molar-refractivity contribution in [1.29, 1.82) is 0 Å². The van der Waals surface area contributed by atoms with E-state index in [-0.39, 0.29) is 29.8 Å². The molecule has 0 aliphatic carbocycles. The second-order valence-corrected chi connectivity index (χ2v) is 8.22. The molecule has 0 unspecified atom stereocenters. The van der Waals surface area contributed by atoms with Gasteiger partial charge in [-0.3, -0.25) is 24.5 Å². The highest BCUT2D eigenvalue weighted by Gasteiger charge is 2.26. The summed E-state index contributed by atoms with van der Waals surface area (Å²) < 4.78 is 7.34. The summed E-state index contributed by atoms with van der Waals surface area (Å²) >= 11 is 1.32. The highest BCUT2D eigenvalue weighted by molar-refractivity contribution is 7.14. The first-order valence-electron chi connectivity index (χ1n) is 9.30. The monoisotopic (exact) mass is 412 g/mol. The molecule has 3 aromatic rings. The maximum absolute atomic E-state index is 12.9. The Kier molecular flexibility index (Phi) is 6.24. The zero-order valence-corrected chi connectivity index (χ0v) is 17.7. The molecule has 0 fully saturated rings. The van der Waals surface area contributed by atoms with E-state index in [1.807, 2.05) is 45.2 Å². The number of carbonyl (C=O) groups is 1. The number of rotatable bonds is 7. The van der Waals surface area contributed by atoms with Crippen LogP contribution >= 0.6 is 11.3 Å². The molecule has 0 saturated carbocycles. The molecule has 0 atom stereocenters. The average Bonchev–Trinajstić information content (AvgIpc) is 3.12. The van der Waals surface area contributed by atoms with Crippen molar-refractivity contribution in [1.82, 2.24) is 14.5 Å². The molecule has 29 heavy (non-hydrogen) atoms. The number of pyridine rings is 2. The van der Waals surface area contributed by atoms with Crippen molar-refractivity contribution >= 4 is 22.4 Å². The Morgan fingerprint density at radius 1 is 1.24 bits per heavy atom. The molecule has 8 heteroatoms. The standard InChI is InChI=1S/C21H24N4O3S/c1-14(2)28-21(3,4)17-13-29-20(23-17)24-19(27)16-6-5-7-18(26)25(16)12-15-8-10-22-11-9-15/h5-11,13-14H,12H2,1-4H3,(H,23,24,27). The number of hydrogen-bond donors (Lipinski definition) is 1. The van der Waals surface area contributed by atoms with Crippen LogP contribution in [0.15, 0.2) is 52.9 Å². The minimum Gasteiger partial charge on any atom is -0.367 e. The molecular formula is C21H24N4O3S. The molecule has 3 aromatic heterocycles. The summed E-state index contributed by atoms with van der Waals surface area (Å²) in [6.07, 6.45) is 3.36. The second kappa shape index (κ2) is 8.67. The Labute approximate surface area is 173 Å². The lowest BCUT2D eigenvalue weighted by molar-refractivity contribution is -0.0623. The predicted molar refractivity (Wildman–Crippen MR) is 113 cm³/mol. The minimum atomic E-state index is -0.566. The van der Waals surface area contributed by atoms with Crippen molar-refractivity contribution in [3.8, 4) is 0 Å². The number of ether oxygens (including phenoxy) is 1. The molecule has 1 N–H and O–H groups in total. The summed E-state index contributed by atoms with van der Waals surface area (Å²) in [5.41, 5.74) is 1.08. The largest absolute Gasteiger partial charge is 0.367 e. The Morgan fingerprint density at radius 2 is 1.97 bits per heavy atom. The van der Waals surface area contributed by atoms with Crippen LogP contribution in [-0.2, 0) is 16.9 Å². The van der Waals surface area contributed by atoms with Crippen molar-refractivity contribution in [3.05, 3.63) is 75.4 Å². The SMILES string of the molecule is CC(C)OC(C)(C)c1csc(NC(=O)c2cccc(=O)n2Cc2ccncc2)n1. The molecule has 0 aliphatic heterocycles. The van der Waals surface area contributed by atoms with Gasteiger partial charge in [0.2, 0.25) is 0 Å². The van der Waals surface area contributed by atoms with Crippen LogP contribution < -0.4 is 10.9 Å². The quantitative estimate of drug-likeness (QED) is 0.640. The van der Waals surface area contributed by atoms with Crippen LogP contribution in [0.5, 0.6) is 0 Å². The molecule has 0 spiro atoms. The first kappa shape index (κ1) is 20.9. The fraction of sp³-hybridized carbons (Fsp3) is 0.333. The van der Waals surface area contributed by atoms with E-state index in [2.05, 4.69) is 15.3 Å². The lowest BCUT2D eigenvalue weighted by Gasteiger charge is -2.25. The lowest BCUT2D eigenvalue weighted by Crippen LogP contribution is -2.28. The van der Waals surface area contributed by atoms with Gasteiger partial charge in [-0.2, -0.15) is 0 Å². The molecular weight excluding hydrogens is 388 g/mol. The van der Waals surface area contributed by atoms with Gasteiger partial charge in [0.05, 0.1) is 18.3 Å². The van der Waals surface area contributed by atoms with E-state index in [0.717, 1.165) is 11.3 Å². The maximum atomic E-state index is 12.9. The van der Waals surface area contributed by atoms with Gasteiger partial charge in [0.1, 0.15) is 11.3 Å². The Morgan fingerprint density at radius 3 is 2.66 bits per heavy atom. The van der Waals surface area contributed by atoms with Crippen LogP contribution in [-0.4, -0.2) is 26.5 Å². The molecule has 0 bridgehead atoms. The molecule has 0 saturated heterocycles. The van der Waals surface area contributed by atoms with E-state index in [1.54, 1.807) is 24.5 Å². The Hall–Kier alpha value is -2.84. The van der Waals surface area contributed by atoms with Crippen molar-refractivity contribution in [2.45, 2.75) is 45.9 Å². The van der Waals surface area contributed by atoms with Crippen molar-refractivity contribution in [3.63, 3.8) is 0 Å². The first-order valence-corrected chi connectivity index (χ1v) is 10.2. The van der Waals surface area contributed by atoms with E-state index >= 15 is 0 Å². The zero-order chi connectivity index (χ0) is 21.0.